The van der Waals surface area contributed by atoms with E-state index in [9.17, 15) is 9.13 Å². The summed E-state index contributed by atoms with van der Waals surface area (Å²) < 4.78 is 49.8. The van der Waals surface area contributed by atoms with Crippen LogP contribution in [-0.4, -0.2) is 41.6 Å². The number of benzene rings is 1. The quantitative estimate of drug-likeness (QED) is 0.215. The van der Waals surface area contributed by atoms with Crippen LogP contribution in [0.25, 0.3) is 0 Å². The van der Waals surface area contributed by atoms with Gasteiger partial charge in [0.15, 0.2) is 0 Å². The zero-order valence-corrected chi connectivity index (χ0v) is 23.9. The smallest absolute Gasteiger partial charge is 0.413 e. The normalized spacial score (nSPS) is 15.4. The molecule has 1 aliphatic heterocycles. The number of nitrogens with zero attached hydrogens (tertiary/aromatic N) is 1. The fourth-order valence-corrected chi connectivity index (χ4v) is 7.44. The molecule has 13 heteroatoms. The molecule has 0 saturated carbocycles. The summed E-state index contributed by atoms with van der Waals surface area (Å²) in [5, 5.41) is 3.83. The fourth-order valence-electron chi connectivity index (χ4n) is 2.31. The Morgan fingerprint density at radius 2 is 1.69 bits per heavy atom. The van der Waals surface area contributed by atoms with E-state index in [4.69, 9.17) is 18.1 Å². The number of rotatable bonds is 12. The molecule has 1 aromatic rings. The lowest BCUT2D eigenvalue weighted by Crippen LogP contribution is -2.23. The minimum atomic E-state index is -3.30. The molecule has 8 nitrogen and oxygen atoms in total. The van der Waals surface area contributed by atoms with Gasteiger partial charge in [0.1, 0.15) is 10.1 Å². The van der Waals surface area contributed by atoms with Gasteiger partial charge in [-0.3, -0.25) is 13.6 Å². The number of hydrogen-bond acceptors (Lipinski definition) is 9. The van der Waals surface area contributed by atoms with Gasteiger partial charge in [-0.2, -0.15) is 4.76 Å². The van der Waals surface area contributed by atoms with E-state index in [1.807, 2.05) is 45.2 Å². The molecule has 0 aliphatic carbocycles. The molecule has 32 heavy (non-hydrogen) atoms. The van der Waals surface area contributed by atoms with Crippen LogP contribution in [0.4, 0.5) is 0 Å². The second-order valence-corrected chi connectivity index (χ2v) is 13.2. The van der Waals surface area contributed by atoms with E-state index in [2.05, 4.69) is 9.85 Å². The Balaban J connectivity index is 0.000000343. The van der Waals surface area contributed by atoms with Gasteiger partial charge in [0.05, 0.1) is 24.9 Å². The predicted molar refractivity (Wildman–Crippen MR) is 139 cm³/mol. The molecule has 0 amide bonds. The van der Waals surface area contributed by atoms with Crippen molar-refractivity contribution in [2.24, 2.45) is 4.76 Å². The van der Waals surface area contributed by atoms with Crippen LogP contribution in [0.3, 0.4) is 0 Å². The van der Waals surface area contributed by atoms with Crippen LogP contribution >= 0.6 is 50.8 Å². The average Bonchev–Trinajstić information content (AvgIpc) is 2.65. The summed E-state index contributed by atoms with van der Waals surface area (Å²) in [5.41, 5.74) is 1.09. The van der Waals surface area contributed by atoms with Crippen molar-refractivity contribution in [3.8, 4) is 5.75 Å². The van der Waals surface area contributed by atoms with Crippen LogP contribution in [0.1, 0.15) is 40.2 Å². The summed E-state index contributed by atoms with van der Waals surface area (Å²) in [6, 6.07) is 5.66. The average molecular weight is 545 g/mol. The topological polar surface area (TPSA) is 95.5 Å². The van der Waals surface area contributed by atoms with Gasteiger partial charge < -0.3 is 4.52 Å². The number of hydrogen-bond donors (Lipinski definition) is 1. The number of nitrogens with one attached hydrogen (secondary N) is 1. The lowest BCUT2D eigenvalue weighted by atomic mass is 10.2. The third kappa shape index (κ3) is 11.0. The first-order valence-electron chi connectivity index (χ1n) is 10.2. The van der Waals surface area contributed by atoms with E-state index in [0.717, 1.165) is 15.0 Å². The standard InChI is InChI=1S/C13H22NO3PS.C6H12NO3PS2/c1-6-16-18(15,14-10(2)3)17-12-7-8-13(19-5)11(4)9-12;1-3-9-11(8,10-4-2)7-6-12-5-13-6/h7-10H,6H2,1-5H3,(H,14,15);3-5H2,1-2H3. The summed E-state index contributed by atoms with van der Waals surface area (Å²) >= 11 is 4.80. The van der Waals surface area contributed by atoms with E-state index in [-0.39, 0.29) is 6.04 Å². The van der Waals surface area contributed by atoms with Gasteiger partial charge >= 0.3 is 15.5 Å². The van der Waals surface area contributed by atoms with Crippen molar-refractivity contribution >= 4 is 55.2 Å². The Labute approximate surface area is 204 Å². The molecule has 1 saturated heterocycles. The molecule has 0 aromatic heterocycles. The van der Waals surface area contributed by atoms with Gasteiger partial charge in [-0.1, -0.05) is 23.5 Å². The van der Waals surface area contributed by atoms with E-state index >= 15 is 0 Å². The Kier molecular flexibility index (Phi) is 14.2. The first kappa shape index (κ1) is 30.1. The summed E-state index contributed by atoms with van der Waals surface area (Å²) in [6.07, 6.45) is 2.02. The van der Waals surface area contributed by atoms with Crippen molar-refractivity contribution in [2.45, 2.75) is 52.5 Å². The Hall–Kier alpha value is 0.0400. The largest absolute Gasteiger partial charge is 0.458 e. The molecule has 0 radical (unpaired) electrons. The molecule has 0 bridgehead atoms. The zero-order chi connectivity index (χ0) is 24.2. The first-order chi connectivity index (χ1) is 15.1. The highest BCUT2D eigenvalue weighted by Crippen LogP contribution is 2.53. The van der Waals surface area contributed by atoms with Crippen molar-refractivity contribution in [1.82, 2.24) is 5.09 Å². The highest BCUT2D eigenvalue weighted by molar-refractivity contribution is 8.52. The summed E-state index contributed by atoms with van der Waals surface area (Å²) in [4.78, 5) is 1.18. The lowest BCUT2D eigenvalue weighted by molar-refractivity contribution is 0.221. The maximum Gasteiger partial charge on any atom is 0.458 e. The van der Waals surface area contributed by atoms with Gasteiger partial charge in [0, 0.05) is 10.9 Å². The molecule has 0 spiro atoms. The molecule has 1 unspecified atom stereocenters. The molecular formula is C19H34N2O6P2S3. The van der Waals surface area contributed by atoms with Crippen LogP contribution in [0, 0.1) is 6.92 Å². The van der Waals surface area contributed by atoms with Gasteiger partial charge in [-0.25, -0.2) is 14.2 Å². The van der Waals surface area contributed by atoms with Crippen molar-refractivity contribution < 1.29 is 27.2 Å². The lowest BCUT2D eigenvalue weighted by Gasteiger charge is -2.21. The van der Waals surface area contributed by atoms with Gasteiger partial charge in [-0.05, 0) is 71.6 Å². The molecule has 1 fully saturated rings. The third-order valence-corrected chi connectivity index (χ3v) is 10.5. The Morgan fingerprint density at radius 1 is 1.09 bits per heavy atom. The predicted octanol–water partition coefficient (Wildman–Crippen LogP) is 7.20. The van der Waals surface area contributed by atoms with Gasteiger partial charge in [0.2, 0.25) is 0 Å². The Morgan fingerprint density at radius 3 is 2.09 bits per heavy atom. The van der Waals surface area contributed by atoms with Crippen molar-refractivity contribution in [1.29, 1.82) is 0 Å². The fraction of sp³-hybridized carbons (Fsp3) is 0.632. The number of aryl methyl sites for hydroxylation is 1. The molecule has 1 heterocycles. The van der Waals surface area contributed by atoms with E-state index in [1.165, 1.54) is 4.90 Å². The van der Waals surface area contributed by atoms with Crippen LogP contribution in [0.5, 0.6) is 5.75 Å². The SMILES string of the molecule is CCOP(=O)(N=C1SCS1)OCC.CCOP(=O)(NC(C)C)Oc1ccc(SC)c(C)c1. The monoisotopic (exact) mass is 544 g/mol. The molecule has 1 aromatic carbocycles. The maximum absolute atomic E-state index is 12.5. The minimum absolute atomic E-state index is 0.0175. The minimum Gasteiger partial charge on any atom is -0.413 e. The maximum atomic E-state index is 12.5. The highest BCUT2D eigenvalue weighted by Gasteiger charge is 2.27. The van der Waals surface area contributed by atoms with Crippen LogP contribution in [-0.2, 0) is 22.7 Å². The molecule has 1 aliphatic rings. The van der Waals surface area contributed by atoms with Crippen LogP contribution in [0.2, 0.25) is 0 Å². The number of thioether (sulfide) groups is 3. The zero-order valence-electron chi connectivity index (χ0n) is 19.7. The summed E-state index contributed by atoms with van der Waals surface area (Å²) in [6.45, 7) is 12.2. The molecule has 1 atom stereocenters. The van der Waals surface area contributed by atoms with E-state index in [0.29, 0.717) is 25.6 Å². The Bertz CT molecular complexity index is 825. The van der Waals surface area contributed by atoms with E-state index < -0.39 is 15.5 Å². The molecule has 2 rings (SSSR count). The molecular weight excluding hydrogens is 510 g/mol. The summed E-state index contributed by atoms with van der Waals surface area (Å²) in [5.74, 6) is 0.556. The molecule has 1 N–H and O–H groups in total. The summed E-state index contributed by atoms with van der Waals surface area (Å²) in [7, 11) is -6.49. The van der Waals surface area contributed by atoms with Crippen molar-refractivity contribution in [3.63, 3.8) is 0 Å². The second kappa shape index (κ2) is 15.1. The highest BCUT2D eigenvalue weighted by atomic mass is 32.3. The van der Waals surface area contributed by atoms with Gasteiger partial charge in [0.25, 0.3) is 0 Å². The van der Waals surface area contributed by atoms with E-state index in [1.54, 1.807) is 56.1 Å². The van der Waals surface area contributed by atoms with Crippen molar-refractivity contribution in [2.75, 3.05) is 31.2 Å². The second-order valence-electron chi connectivity index (χ2n) is 6.50. The third-order valence-electron chi connectivity index (χ3n) is 3.46. The van der Waals surface area contributed by atoms with Gasteiger partial charge in [-0.15, -0.1) is 11.8 Å². The van der Waals surface area contributed by atoms with Crippen LogP contribution in [0.15, 0.2) is 27.9 Å². The molecule has 184 valence electrons. The first-order valence-corrected chi connectivity index (χ1v) is 16.4. The van der Waals surface area contributed by atoms with Crippen LogP contribution < -0.4 is 9.61 Å². The van der Waals surface area contributed by atoms with Crippen molar-refractivity contribution in [3.05, 3.63) is 23.8 Å².